The van der Waals surface area contributed by atoms with E-state index in [1.807, 2.05) is 17.0 Å². The first-order chi connectivity index (χ1) is 15.2. The molecular weight excluding hydrogens is 392 g/mol. The lowest BCUT2D eigenvalue weighted by Crippen LogP contribution is -2.47. The van der Waals surface area contributed by atoms with Gasteiger partial charge in [-0.05, 0) is 49.3 Å². The summed E-state index contributed by atoms with van der Waals surface area (Å²) in [4.78, 5) is 18.7. The largest absolute Gasteiger partial charge is 0.467 e. The zero-order valence-corrected chi connectivity index (χ0v) is 18.4. The number of rotatable bonds is 10. The van der Waals surface area contributed by atoms with E-state index in [1.54, 1.807) is 13.3 Å². The van der Waals surface area contributed by atoms with E-state index >= 15 is 0 Å². The van der Waals surface area contributed by atoms with Crippen molar-refractivity contribution in [3.8, 4) is 0 Å². The molecule has 1 aliphatic rings. The van der Waals surface area contributed by atoms with Crippen molar-refractivity contribution in [2.75, 3.05) is 39.8 Å². The number of ether oxygens (including phenoxy) is 1. The third kappa shape index (κ3) is 8.09. The summed E-state index contributed by atoms with van der Waals surface area (Å²) in [5.41, 5.74) is 1.38. The van der Waals surface area contributed by atoms with Crippen LogP contribution in [0.5, 0.6) is 0 Å². The van der Waals surface area contributed by atoms with Crippen LogP contribution in [-0.2, 0) is 22.6 Å². The Morgan fingerprint density at radius 3 is 2.68 bits per heavy atom. The molecule has 7 heteroatoms. The average molecular weight is 427 g/mol. The Morgan fingerprint density at radius 2 is 1.97 bits per heavy atom. The maximum Gasteiger partial charge on any atom is 0.241 e. The van der Waals surface area contributed by atoms with E-state index in [0.717, 1.165) is 51.1 Å². The van der Waals surface area contributed by atoms with E-state index in [9.17, 15) is 4.79 Å². The van der Waals surface area contributed by atoms with Crippen molar-refractivity contribution in [3.05, 3.63) is 60.1 Å². The molecule has 0 aliphatic carbocycles. The normalized spacial score (nSPS) is 15.1. The number of carbonyl (C=O) groups is 1. The highest BCUT2D eigenvalue weighted by Gasteiger charge is 2.22. The monoisotopic (exact) mass is 426 g/mol. The van der Waals surface area contributed by atoms with Crippen LogP contribution in [0.1, 0.15) is 30.6 Å². The molecule has 7 nitrogen and oxygen atoms in total. The second-order valence-corrected chi connectivity index (χ2v) is 7.85. The van der Waals surface area contributed by atoms with Crippen LogP contribution in [0.2, 0.25) is 0 Å². The fraction of sp³-hybridized carbons (Fsp3) is 0.500. The molecular formula is C24H34N4O3. The van der Waals surface area contributed by atoms with Gasteiger partial charge in [-0.25, -0.2) is 0 Å². The smallest absolute Gasteiger partial charge is 0.241 e. The Kier molecular flexibility index (Phi) is 9.44. The maximum atomic E-state index is 12.6. The number of nitrogens with one attached hydrogen (secondary N) is 2. The molecule has 0 unspecified atom stereocenters. The van der Waals surface area contributed by atoms with E-state index < -0.39 is 0 Å². The van der Waals surface area contributed by atoms with Crippen LogP contribution >= 0.6 is 0 Å². The number of aliphatic imine (C=N–C) groups is 1. The molecule has 1 fully saturated rings. The molecule has 0 radical (unpaired) electrons. The molecule has 0 bridgehead atoms. The number of hydrogen-bond donors (Lipinski definition) is 2. The summed E-state index contributed by atoms with van der Waals surface area (Å²) in [7, 11) is 1.71. The minimum absolute atomic E-state index is 0.128. The lowest BCUT2D eigenvalue weighted by Gasteiger charge is -2.32. The highest BCUT2D eigenvalue weighted by molar-refractivity contribution is 5.86. The number of likely N-dealkylation sites (tertiary alicyclic amines) is 1. The molecule has 1 aliphatic heterocycles. The quantitative estimate of drug-likeness (QED) is 0.347. The Balaban J connectivity index is 1.26. The van der Waals surface area contributed by atoms with Crippen molar-refractivity contribution in [1.29, 1.82) is 0 Å². The molecule has 0 atom stereocenters. The van der Waals surface area contributed by atoms with Crippen molar-refractivity contribution in [3.63, 3.8) is 0 Å². The molecule has 168 valence electrons. The van der Waals surface area contributed by atoms with Crippen LogP contribution in [0.25, 0.3) is 0 Å². The summed E-state index contributed by atoms with van der Waals surface area (Å²) in [5.74, 6) is 2.25. The molecule has 2 aromatic rings. The molecule has 1 amide bonds. The van der Waals surface area contributed by atoms with Gasteiger partial charge in [0.25, 0.3) is 0 Å². The van der Waals surface area contributed by atoms with Gasteiger partial charge in [0.15, 0.2) is 5.96 Å². The first kappa shape index (κ1) is 22.9. The zero-order chi connectivity index (χ0) is 21.7. The van der Waals surface area contributed by atoms with E-state index in [2.05, 4.69) is 46.0 Å². The third-order valence-electron chi connectivity index (χ3n) is 5.55. The van der Waals surface area contributed by atoms with Gasteiger partial charge in [-0.3, -0.25) is 9.79 Å². The first-order valence-corrected chi connectivity index (χ1v) is 11.1. The second-order valence-electron chi connectivity index (χ2n) is 7.85. The lowest BCUT2D eigenvalue weighted by atomic mass is 9.90. The average Bonchev–Trinajstić information content (AvgIpc) is 3.32. The number of amides is 1. The number of carbonyl (C=O) groups excluding carboxylic acids is 1. The Morgan fingerprint density at radius 1 is 1.16 bits per heavy atom. The highest BCUT2D eigenvalue weighted by atomic mass is 16.5. The summed E-state index contributed by atoms with van der Waals surface area (Å²) in [5, 5.41) is 6.34. The SMILES string of the molecule is CN=C(NCCCOCc1ccco1)NCC(=O)N1CCC(Cc2ccccc2)CC1. The van der Waals surface area contributed by atoms with Crippen LogP contribution in [-0.4, -0.2) is 56.6 Å². The highest BCUT2D eigenvalue weighted by Crippen LogP contribution is 2.21. The van der Waals surface area contributed by atoms with Gasteiger partial charge in [0.05, 0.1) is 12.8 Å². The third-order valence-corrected chi connectivity index (χ3v) is 5.55. The fourth-order valence-electron chi connectivity index (χ4n) is 3.77. The van der Waals surface area contributed by atoms with Gasteiger partial charge < -0.3 is 24.7 Å². The second kappa shape index (κ2) is 12.8. The summed E-state index contributed by atoms with van der Waals surface area (Å²) in [6.45, 7) is 3.75. The number of hydrogen-bond acceptors (Lipinski definition) is 4. The first-order valence-electron chi connectivity index (χ1n) is 11.1. The standard InChI is InChI=1S/C24H34N4O3/c1-25-24(26-12-6-15-30-19-22-9-5-16-31-22)27-18-23(29)28-13-10-21(11-14-28)17-20-7-3-2-4-8-20/h2-5,7-9,16,21H,6,10-15,17-19H2,1H3,(H2,25,26,27). The van der Waals surface area contributed by atoms with Crippen molar-refractivity contribution in [1.82, 2.24) is 15.5 Å². The molecule has 3 rings (SSSR count). The van der Waals surface area contributed by atoms with Crippen LogP contribution in [0, 0.1) is 5.92 Å². The van der Waals surface area contributed by atoms with Crippen molar-refractivity contribution in [2.45, 2.75) is 32.3 Å². The van der Waals surface area contributed by atoms with Crippen LogP contribution in [0.3, 0.4) is 0 Å². The van der Waals surface area contributed by atoms with Gasteiger partial charge in [0, 0.05) is 33.3 Å². The van der Waals surface area contributed by atoms with Crippen molar-refractivity contribution < 1.29 is 13.9 Å². The molecule has 2 heterocycles. The van der Waals surface area contributed by atoms with Gasteiger partial charge in [-0.15, -0.1) is 0 Å². The van der Waals surface area contributed by atoms with Crippen LogP contribution < -0.4 is 10.6 Å². The van der Waals surface area contributed by atoms with Crippen molar-refractivity contribution in [2.24, 2.45) is 10.9 Å². The molecule has 2 N–H and O–H groups in total. The summed E-state index contributed by atoms with van der Waals surface area (Å²) in [6, 6.07) is 14.4. The maximum absolute atomic E-state index is 12.6. The van der Waals surface area contributed by atoms with Gasteiger partial charge in [-0.1, -0.05) is 30.3 Å². The van der Waals surface area contributed by atoms with E-state index in [0.29, 0.717) is 25.1 Å². The lowest BCUT2D eigenvalue weighted by molar-refractivity contribution is -0.131. The fourth-order valence-corrected chi connectivity index (χ4v) is 3.77. The number of nitrogens with zero attached hydrogens (tertiary/aromatic N) is 2. The predicted octanol–water partition coefficient (Wildman–Crippen LogP) is 2.83. The van der Waals surface area contributed by atoms with Crippen molar-refractivity contribution >= 4 is 11.9 Å². The summed E-state index contributed by atoms with van der Waals surface area (Å²) < 4.78 is 10.8. The minimum atomic E-state index is 0.128. The molecule has 1 saturated heterocycles. The van der Waals surface area contributed by atoms with E-state index in [-0.39, 0.29) is 12.5 Å². The summed E-state index contributed by atoms with van der Waals surface area (Å²) >= 11 is 0. The number of guanidine groups is 1. The Bertz CT molecular complexity index is 784. The molecule has 0 saturated carbocycles. The molecule has 1 aromatic carbocycles. The van der Waals surface area contributed by atoms with Crippen LogP contribution in [0.15, 0.2) is 58.1 Å². The van der Waals surface area contributed by atoms with Crippen LogP contribution in [0.4, 0.5) is 0 Å². The number of benzene rings is 1. The zero-order valence-electron chi connectivity index (χ0n) is 18.4. The van der Waals surface area contributed by atoms with Gasteiger partial charge in [-0.2, -0.15) is 0 Å². The molecule has 0 spiro atoms. The topological polar surface area (TPSA) is 79.1 Å². The van der Waals surface area contributed by atoms with E-state index in [1.165, 1.54) is 5.56 Å². The molecule has 31 heavy (non-hydrogen) atoms. The van der Waals surface area contributed by atoms with Gasteiger partial charge in [0.2, 0.25) is 5.91 Å². The molecule has 1 aromatic heterocycles. The van der Waals surface area contributed by atoms with Gasteiger partial charge >= 0.3 is 0 Å². The predicted molar refractivity (Wildman–Crippen MR) is 122 cm³/mol. The number of piperidine rings is 1. The Labute approximate surface area is 184 Å². The van der Waals surface area contributed by atoms with Gasteiger partial charge in [0.1, 0.15) is 12.4 Å². The number of furan rings is 1. The Hall–Kier alpha value is -2.80. The summed E-state index contributed by atoms with van der Waals surface area (Å²) in [6.07, 6.45) is 5.70. The van der Waals surface area contributed by atoms with E-state index in [4.69, 9.17) is 9.15 Å². The minimum Gasteiger partial charge on any atom is -0.467 e.